The molecule has 0 heterocycles. The number of hydrogen-bond donors (Lipinski definition) is 2. The molecule has 0 rings (SSSR count). The summed E-state index contributed by atoms with van der Waals surface area (Å²) in [6.45, 7) is 5.33. The molecule has 0 spiro atoms. The van der Waals surface area contributed by atoms with Crippen molar-refractivity contribution in [2.75, 3.05) is 13.2 Å². The lowest BCUT2D eigenvalue weighted by Gasteiger charge is -2.06. The maximum absolute atomic E-state index is 11.5. The van der Waals surface area contributed by atoms with Gasteiger partial charge >= 0.3 is 22.3 Å². The first-order valence-corrected chi connectivity index (χ1v) is 12.1. The lowest BCUT2D eigenvalue weighted by Crippen LogP contribution is -2.11. The second-order valence-electron chi connectivity index (χ2n) is 6.92. The minimum Gasteiger partial charge on any atom is -0.466 e. The molecule has 29 heavy (non-hydrogen) atoms. The highest BCUT2D eigenvalue weighted by Gasteiger charge is 2.08. The number of carbonyl (C=O) groups excluding carboxylic acids is 2. The third-order valence-corrected chi connectivity index (χ3v) is 4.06. The van der Waals surface area contributed by atoms with E-state index in [4.69, 9.17) is 27.0 Å². The molecule has 0 unspecified atom stereocenters. The van der Waals surface area contributed by atoms with Gasteiger partial charge in [0.15, 0.2) is 0 Å². The van der Waals surface area contributed by atoms with Gasteiger partial charge in [0.2, 0.25) is 0 Å². The fraction of sp³-hybridized carbons (Fsp3) is 0.900. The van der Waals surface area contributed by atoms with Crippen molar-refractivity contribution < 1.29 is 36.6 Å². The van der Waals surface area contributed by atoms with Gasteiger partial charge in [-0.3, -0.25) is 18.7 Å². The molecule has 0 aromatic carbocycles. The summed E-state index contributed by atoms with van der Waals surface area (Å²) in [4.78, 5) is 23.1. The van der Waals surface area contributed by atoms with Crippen LogP contribution >= 0.6 is 0 Å². The largest absolute Gasteiger partial charge is 0.466 e. The van der Waals surface area contributed by atoms with Crippen LogP contribution in [0.2, 0.25) is 0 Å². The quantitative estimate of drug-likeness (QED) is 0.185. The Morgan fingerprint density at radius 1 is 0.621 bits per heavy atom. The molecule has 0 aliphatic carbocycles. The lowest BCUT2D eigenvalue weighted by atomic mass is 10.1. The number of ether oxygens (including phenoxy) is 2. The van der Waals surface area contributed by atoms with Crippen LogP contribution in [0.3, 0.4) is 0 Å². The second-order valence-corrected chi connectivity index (χ2v) is 7.82. The molecule has 0 saturated carbocycles. The molecule has 0 bridgehead atoms. The highest BCUT2D eigenvalue weighted by Crippen LogP contribution is 2.07. The zero-order chi connectivity index (χ0) is 22.4. The summed E-state index contributed by atoms with van der Waals surface area (Å²) in [5.41, 5.74) is 0. The van der Waals surface area contributed by atoms with Crippen molar-refractivity contribution in [1.82, 2.24) is 0 Å². The van der Waals surface area contributed by atoms with Gasteiger partial charge in [-0.25, -0.2) is 0 Å². The first-order chi connectivity index (χ1) is 13.7. The van der Waals surface area contributed by atoms with Crippen LogP contribution in [-0.4, -0.2) is 42.7 Å². The van der Waals surface area contributed by atoms with E-state index in [0.29, 0.717) is 13.2 Å². The Hall–Kier alpha value is -1.19. The predicted octanol–water partition coefficient (Wildman–Crippen LogP) is 4.92. The standard InChI is InChI=1S/C20H38O4.H2O4S/c1-3-5-7-9-11-13-17-23-19(21)15-16-20(22)24-18-14-12-10-8-6-4-2;1-5(2,3)4/h3-18H2,1-2H3;(H2,1,2,3,4). The van der Waals surface area contributed by atoms with Gasteiger partial charge in [-0.2, -0.15) is 8.42 Å². The molecule has 0 aromatic rings. The first-order valence-electron chi connectivity index (χ1n) is 10.7. The molecule has 0 aromatic heterocycles. The van der Waals surface area contributed by atoms with Gasteiger partial charge in [-0.1, -0.05) is 78.1 Å². The molecular weight excluding hydrogens is 400 g/mol. The fourth-order valence-electron chi connectivity index (χ4n) is 2.49. The van der Waals surface area contributed by atoms with Crippen LogP contribution in [0.1, 0.15) is 104 Å². The fourth-order valence-corrected chi connectivity index (χ4v) is 2.49. The van der Waals surface area contributed by atoms with E-state index in [1.807, 2.05) is 0 Å². The smallest absolute Gasteiger partial charge is 0.394 e. The van der Waals surface area contributed by atoms with E-state index in [1.165, 1.54) is 51.4 Å². The third kappa shape index (κ3) is 34.7. The average molecular weight is 441 g/mol. The molecule has 0 aliphatic rings. The van der Waals surface area contributed by atoms with E-state index in [-0.39, 0.29) is 24.8 Å². The van der Waals surface area contributed by atoms with Gasteiger partial charge in [0.25, 0.3) is 0 Å². The summed E-state index contributed by atoms with van der Waals surface area (Å²) in [5, 5.41) is 0. The van der Waals surface area contributed by atoms with Crippen LogP contribution in [0.4, 0.5) is 0 Å². The van der Waals surface area contributed by atoms with Crippen LogP contribution in [-0.2, 0) is 29.5 Å². The predicted molar refractivity (Wildman–Crippen MR) is 112 cm³/mol. The maximum atomic E-state index is 11.5. The van der Waals surface area contributed by atoms with Crippen molar-refractivity contribution >= 4 is 22.3 Å². The second kappa shape index (κ2) is 21.5. The third-order valence-electron chi connectivity index (χ3n) is 4.06. The molecule has 174 valence electrons. The molecule has 0 radical (unpaired) electrons. The van der Waals surface area contributed by atoms with Crippen molar-refractivity contribution in [1.29, 1.82) is 0 Å². The lowest BCUT2D eigenvalue weighted by molar-refractivity contribution is -0.150. The Morgan fingerprint density at radius 2 is 0.897 bits per heavy atom. The number of hydrogen-bond acceptors (Lipinski definition) is 6. The number of esters is 2. The average Bonchev–Trinajstić information content (AvgIpc) is 2.63. The van der Waals surface area contributed by atoms with E-state index in [1.54, 1.807) is 0 Å². The zero-order valence-electron chi connectivity index (χ0n) is 18.1. The van der Waals surface area contributed by atoms with Crippen molar-refractivity contribution in [3.8, 4) is 0 Å². The van der Waals surface area contributed by atoms with Crippen LogP contribution < -0.4 is 0 Å². The van der Waals surface area contributed by atoms with Crippen molar-refractivity contribution in [2.45, 2.75) is 104 Å². The van der Waals surface area contributed by atoms with Crippen molar-refractivity contribution in [3.63, 3.8) is 0 Å². The Bertz CT molecular complexity index is 453. The van der Waals surface area contributed by atoms with Crippen LogP contribution in [0.25, 0.3) is 0 Å². The van der Waals surface area contributed by atoms with Gasteiger partial charge < -0.3 is 9.47 Å². The summed E-state index contributed by atoms with van der Waals surface area (Å²) < 4.78 is 41.8. The molecule has 0 atom stereocenters. The van der Waals surface area contributed by atoms with Gasteiger partial charge in [0.05, 0.1) is 26.1 Å². The highest BCUT2D eigenvalue weighted by molar-refractivity contribution is 7.79. The van der Waals surface area contributed by atoms with Gasteiger partial charge in [0, 0.05) is 0 Å². The number of unbranched alkanes of at least 4 members (excludes halogenated alkanes) is 10. The van der Waals surface area contributed by atoms with E-state index in [9.17, 15) is 9.59 Å². The molecule has 2 N–H and O–H groups in total. The topological polar surface area (TPSA) is 127 Å². The molecule has 0 aliphatic heterocycles. The van der Waals surface area contributed by atoms with E-state index in [0.717, 1.165) is 25.7 Å². The first kappa shape index (κ1) is 30.0. The Labute approximate surface area is 176 Å². The Kier molecular flexibility index (Phi) is 22.3. The molecule has 0 fully saturated rings. The number of rotatable bonds is 17. The summed E-state index contributed by atoms with van der Waals surface area (Å²) in [6, 6.07) is 0. The molecular formula is C20H40O8S. The summed E-state index contributed by atoms with van der Waals surface area (Å²) in [5.74, 6) is -0.583. The van der Waals surface area contributed by atoms with Crippen LogP contribution in [0, 0.1) is 0 Å². The highest BCUT2D eigenvalue weighted by atomic mass is 32.3. The maximum Gasteiger partial charge on any atom is 0.394 e. The van der Waals surface area contributed by atoms with E-state index < -0.39 is 10.4 Å². The van der Waals surface area contributed by atoms with Gasteiger partial charge in [-0.15, -0.1) is 0 Å². The normalized spacial score (nSPS) is 10.8. The van der Waals surface area contributed by atoms with E-state index >= 15 is 0 Å². The monoisotopic (exact) mass is 440 g/mol. The van der Waals surface area contributed by atoms with Gasteiger partial charge in [0.1, 0.15) is 0 Å². The minimum absolute atomic E-state index is 0.130. The van der Waals surface area contributed by atoms with Crippen molar-refractivity contribution in [2.24, 2.45) is 0 Å². The molecule has 9 heteroatoms. The van der Waals surface area contributed by atoms with Gasteiger partial charge in [-0.05, 0) is 12.8 Å². The van der Waals surface area contributed by atoms with Crippen LogP contribution in [0.5, 0.6) is 0 Å². The van der Waals surface area contributed by atoms with Crippen LogP contribution in [0.15, 0.2) is 0 Å². The summed E-state index contributed by atoms with van der Waals surface area (Å²) in [7, 11) is -4.67. The van der Waals surface area contributed by atoms with E-state index in [2.05, 4.69) is 13.8 Å². The summed E-state index contributed by atoms with van der Waals surface area (Å²) >= 11 is 0. The summed E-state index contributed by atoms with van der Waals surface area (Å²) in [6.07, 6.45) is 14.3. The number of carbonyl (C=O) groups is 2. The zero-order valence-corrected chi connectivity index (χ0v) is 18.9. The Balaban J connectivity index is 0. The Morgan fingerprint density at radius 3 is 1.21 bits per heavy atom. The molecule has 0 amide bonds. The molecule has 8 nitrogen and oxygen atoms in total. The molecule has 0 saturated heterocycles. The SMILES string of the molecule is CCCCCCCCOC(=O)CCC(=O)OCCCCCCCC.O=S(=O)(O)O. The van der Waals surface area contributed by atoms with Crippen molar-refractivity contribution in [3.05, 3.63) is 0 Å². The minimum atomic E-state index is -4.67.